The van der Waals surface area contributed by atoms with Gasteiger partial charge in [-0.3, -0.25) is 14.7 Å². The van der Waals surface area contributed by atoms with Crippen molar-refractivity contribution in [3.8, 4) is 0 Å². The molecule has 3 aromatic heterocycles. The molecule has 1 N–H and O–H groups in total. The lowest BCUT2D eigenvalue weighted by atomic mass is 10.2. The van der Waals surface area contributed by atoms with Crippen molar-refractivity contribution in [2.45, 2.75) is 32.9 Å². The Labute approximate surface area is 188 Å². The second kappa shape index (κ2) is 8.65. The zero-order valence-electron chi connectivity index (χ0n) is 18.0. The summed E-state index contributed by atoms with van der Waals surface area (Å²) in [5.41, 5.74) is 0.911. The molecule has 9 nitrogen and oxygen atoms in total. The van der Waals surface area contributed by atoms with Gasteiger partial charge in [-0.25, -0.2) is 19.2 Å². The van der Waals surface area contributed by atoms with Crippen molar-refractivity contribution >= 4 is 39.5 Å². The topological polar surface area (TPSA) is 101 Å². The number of thiophene rings is 1. The van der Waals surface area contributed by atoms with Crippen LogP contribution in [0.3, 0.4) is 0 Å². The van der Waals surface area contributed by atoms with Gasteiger partial charge in [0.2, 0.25) is 5.95 Å². The average molecular weight is 459 g/mol. The van der Waals surface area contributed by atoms with Crippen LogP contribution in [-0.2, 0) is 11.3 Å². The van der Waals surface area contributed by atoms with Gasteiger partial charge >= 0.3 is 6.09 Å². The van der Waals surface area contributed by atoms with Gasteiger partial charge in [-0.2, -0.15) is 0 Å². The van der Waals surface area contributed by atoms with Crippen LogP contribution < -0.4 is 5.32 Å². The first-order valence-corrected chi connectivity index (χ1v) is 10.9. The Hall–Kier alpha value is -3.34. The molecule has 0 saturated carbocycles. The molecule has 4 rings (SSSR count). The molecule has 1 fully saturated rings. The van der Waals surface area contributed by atoms with Crippen molar-refractivity contribution < 1.29 is 18.7 Å². The van der Waals surface area contributed by atoms with Crippen molar-refractivity contribution in [2.24, 2.45) is 0 Å². The SMILES string of the molecule is CC(C)(C)OC(=O)N1CCN(C(=O)c2nc(NCc3cncc(F)c3)nc3ccsc23)C1. The highest BCUT2D eigenvalue weighted by Crippen LogP contribution is 2.26. The molecule has 0 bridgehead atoms. The summed E-state index contributed by atoms with van der Waals surface area (Å²) in [5, 5.41) is 4.87. The highest BCUT2D eigenvalue weighted by atomic mass is 32.1. The van der Waals surface area contributed by atoms with Crippen LogP contribution in [0.1, 0.15) is 36.8 Å². The van der Waals surface area contributed by atoms with E-state index in [1.807, 2.05) is 11.4 Å². The summed E-state index contributed by atoms with van der Waals surface area (Å²) in [6, 6.07) is 3.18. The molecule has 168 valence electrons. The lowest BCUT2D eigenvalue weighted by Crippen LogP contribution is -2.37. The van der Waals surface area contributed by atoms with Crippen LogP contribution in [0, 0.1) is 5.82 Å². The molecule has 0 unspecified atom stereocenters. The Balaban J connectivity index is 1.51. The number of hydrogen-bond acceptors (Lipinski definition) is 8. The predicted molar refractivity (Wildman–Crippen MR) is 118 cm³/mol. The molecule has 11 heteroatoms. The summed E-state index contributed by atoms with van der Waals surface area (Å²) in [7, 11) is 0. The molecular formula is C21H23FN6O3S. The lowest BCUT2D eigenvalue weighted by molar-refractivity contribution is 0.0265. The Bertz CT molecular complexity index is 1160. The van der Waals surface area contributed by atoms with Crippen molar-refractivity contribution in [1.29, 1.82) is 0 Å². The fourth-order valence-corrected chi connectivity index (χ4v) is 4.01. The number of halogens is 1. The van der Waals surface area contributed by atoms with Crippen LogP contribution in [0.2, 0.25) is 0 Å². The van der Waals surface area contributed by atoms with Crippen LogP contribution in [0.25, 0.3) is 10.2 Å². The molecule has 1 aliphatic rings. The average Bonchev–Trinajstić information content (AvgIpc) is 3.39. The van der Waals surface area contributed by atoms with E-state index < -0.39 is 17.5 Å². The second-order valence-electron chi connectivity index (χ2n) is 8.35. The largest absolute Gasteiger partial charge is 0.444 e. The normalized spacial score (nSPS) is 14.1. The minimum atomic E-state index is -0.609. The molecule has 0 radical (unpaired) electrons. The van der Waals surface area contributed by atoms with Crippen LogP contribution >= 0.6 is 11.3 Å². The first-order valence-electron chi connectivity index (χ1n) is 10.1. The Morgan fingerprint density at radius 1 is 1.22 bits per heavy atom. The third kappa shape index (κ3) is 4.93. The fourth-order valence-electron chi connectivity index (χ4n) is 3.20. The van der Waals surface area contributed by atoms with Gasteiger partial charge in [0.15, 0.2) is 5.69 Å². The molecule has 0 aromatic carbocycles. The first kappa shape index (κ1) is 21.9. The van der Waals surface area contributed by atoms with E-state index >= 15 is 0 Å². The minimum absolute atomic E-state index is 0.127. The Morgan fingerprint density at radius 3 is 2.75 bits per heavy atom. The van der Waals surface area contributed by atoms with Crippen molar-refractivity contribution in [3.63, 3.8) is 0 Å². The van der Waals surface area contributed by atoms with Gasteiger partial charge in [-0.15, -0.1) is 11.3 Å². The summed E-state index contributed by atoms with van der Waals surface area (Å²) >= 11 is 1.38. The Morgan fingerprint density at radius 2 is 2.00 bits per heavy atom. The number of aromatic nitrogens is 3. The number of nitrogens with one attached hydrogen (secondary N) is 1. The van der Waals surface area contributed by atoms with Crippen molar-refractivity contribution in [1.82, 2.24) is 24.8 Å². The third-order valence-corrected chi connectivity index (χ3v) is 5.55. The molecule has 0 spiro atoms. The van der Waals surface area contributed by atoms with E-state index in [-0.39, 0.29) is 30.8 Å². The molecular weight excluding hydrogens is 435 g/mol. The number of anilines is 1. The summed E-state index contributed by atoms with van der Waals surface area (Å²) in [4.78, 5) is 41.3. The number of ether oxygens (including phenoxy) is 1. The van der Waals surface area contributed by atoms with Gasteiger partial charge in [0, 0.05) is 25.8 Å². The third-order valence-electron chi connectivity index (χ3n) is 4.64. The molecule has 3 aromatic rings. The maximum absolute atomic E-state index is 13.4. The second-order valence-corrected chi connectivity index (χ2v) is 9.27. The van der Waals surface area contributed by atoms with E-state index in [2.05, 4.69) is 20.3 Å². The predicted octanol–water partition coefficient (Wildman–Crippen LogP) is 3.49. The fraction of sp³-hybridized carbons (Fsp3) is 0.381. The number of carbonyl (C=O) groups is 2. The van der Waals surface area contributed by atoms with E-state index in [0.717, 1.165) is 6.20 Å². The smallest absolute Gasteiger partial charge is 0.411 e. The van der Waals surface area contributed by atoms with Crippen LogP contribution in [0.15, 0.2) is 29.9 Å². The number of rotatable bonds is 4. The molecule has 32 heavy (non-hydrogen) atoms. The van der Waals surface area contributed by atoms with Crippen molar-refractivity contribution in [3.05, 3.63) is 47.0 Å². The van der Waals surface area contributed by atoms with Crippen LogP contribution in [-0.4, -0.2) is 62.1 Å². The number of fused-ring (bicyclic) bond motifs is 1. The highest BCUT2D eigenvalue weighted by Gasteiger charge is 2.32. The zero-order chi connectivity index (χ0) is 22.9. The number of carbonyl (C=O) groups excluding carboxylic acids is 2. The standard InChI is InChI=1S/C21H23FN6O3S/c1-21(2,3)31-20(30)28-6-5-27(12-28)18(29)16-17-15(4-7-32-17)25-19(26-16)24-10-13-8-14(22)11-23-9-13/h4,7-9,11H,5-6,10,12H2,1-3H3,(H,24,25,26). The molecule has 0 atom stereocenters. The minimum Gasteiger partial charge on any atom is -0.444 e. The molecule has 1 saturated heterocycles. The molecule has 2 amide bonds. The monoisotopic (exact) mass is 458 g/mol. The summed E-state index contributed by atoms with van der Waals surface area (Å²) in [6.45, 7) is 6.54. The van der Waals surface area contributed by atoms with Gasteiger partial charge in [0.25, 0.3) is 5.91 Å². The Kier molecular flexibility index (Phi) is 5.92. The van der Waals surface area contributed by atoms with Gasteiger partial charge in [0.05, 0.1) is 23.1 Å². The van der Waals surface area contributed by atoms with E-state index in [1.54, 1.807) is 31.9 Å². The zero-order valence-corrected chi connectivity index (χ0v) is 18.8. The van der Waals surface area contributed by atoms with Crippen molar-refractivity contribution in [2.75, 3.05) is 25.1 Å². The maximum atomic E-state index is 13.4. The number of hydrogen-bond donors (Lipinski definition) is 1. The van der Waals surface area contributed by atoms with Crippen LogP contribution in [0.5, 0.6) is 0 Å². The highest BCUT2D eigenvalue weighted by molar-refractivity contribution is 7.17. The summed E-state index contributed by atoms with van der Waals surface area (Å²) in [5.74, 6) is -0.467. The van der Waals surface area contributed by atoms with E-state index in [4.69, 9.17) is 4.74 Å². The van der Waals surface area contributed by atoms with Crippen LogP contribution in [0.4, 0.5) is 15.1 Å². The molecule has 1 aliphatic heterocycles. The quantitative estimate of drug-likeness (QED) is 0.639. The molecule has 0 aliphatic carbocycles. The molecule has 4 heterocycles. The number of nitrogens with zero attached hydrogens (tertiary/aromatic N) is 5. The van der Waals surface area contributed by atoms with Gasteiger partial charge in [-0.05, 0) is 43.8 Å². The first-order chi connectivity index (χ1) is 15.2. The van der Waals surface area contributed by atoms with E-state index in [9.17, 15) is 14.0 Å². The number of pyridine rings is 1. The lowest BCUT2D eigenvalue weighted by Gasteiger charge is -2.24. The van der Waals surface area contributed by atoms with Gasteiger partial charge < -0.3 is 15.0 Å². The van der Waals surface area contributed by atoms with Gasteiger partial charge in [0.1, 0.15) is 11.4 Å². The summed E-state index contributed by atoms with van der Waals surface area (Å²) < 4.78 is 19.4. The van der Waals surface area contributed by atoms with E-state index in [1.165, 1.54) is 22.3 Å². The number of amides is 2. The van der Waals surface area contributed by atoms with Gasteiger partial charge in [-0.1, -0.05) is 0 Å². The maximum Gasteiger partial charge on any atom is 0.411 e. The van der Waals surface area contributed by atoms with E-state index in [0.29, 0.717) is 28.9 Å². The summed E-state index contributed by atoms with van der Waals surface area (Å²) in [6.07, 6.45) is 2.22.